The molecule has 1 unspecified atom stereocenters. The summed E-state index contributed by atoms with van der Waals surface area (Å²) >= 11 is 7.70. The molecule has 2 saturated heterocycles. The van der Waals surface area contributed by atoms with E-state index in [1.807, 2.05) is 69.3 Å². The molecule has 44 heavy (non-hydrogen) atoms. The maximum absolute atomic E-state index is 14.8. The SMILES string of the molecule is CCOc1ccc(N2CC=C[C@H]3S[C@]45C=CCN(c6ccc(Cl)cc6)C(=O)C4N([C@@H](CO)[C@@H](C)CC)C(=O)[C@@H]5[C@H]3C2=O)cc1. The molecule has 3 amide bonds. The van der Waals surface area contributed by atoms with Crippen molar-refractivity contribution >= 4 is 52.5 Å². The van der Waals surface area contributed by atoms with Gasteiger partial charge < -0.3 is 24.5 Å². The van der Waals surface area contributed by atoms with Crippen LogP contribution in [0.1, 0.15) is 27.2 Å². The molecule has 10 heteroatoms. The second kappa shape index (κ2) is 12.3. The van der Waals surface area contributed by atoms with Crippen LogP contribution in [0.25, 0.3) is 0 Å². The number of halogens is 1. The fraction of sp³-hybridized carbons (Fsp3) is 0.441. The van der Waals surface area contributed by atoms with Crippen molar-refractivity contribution in [2.75, 3.05) is 36.1 Å². The molecule has 0 aliphatic carbocycles. The molecule has 1 spiro atoms. The molecule has 0 aromatic heterocycles. The van der Waals surface area contributed by atoms with E-state index in [1.54, 1.807) is 39.0 Å². The minimum Gasteiger partial charge on any atom is -0.494 e. The first kappa shape index (κ1) is 30.7. The van der Waals surface area contributed by atoms with Crippen molar-refractivity contribution in [2.24, 2.45) is 17.8 Å². The first-order valence-electron chi connectivity index (χ1n) is 15.3. The van der Waals surface area contributed by atoms with Crippen LogP contribution >= 0.6 is 23.4 Å². The number of benzene rings is 2. The lowest BCUT2D eigenvalue weighted by Gasteiger charge is -2.40. The van der Waals surface area contributed by atoms with Gasteiger partial charge in [-0.05, 0) is 61.4 Å². The summed E-state index contributed by atoms with van der Waals surface area (Å²) < 4.78 is 4.62. The largest absolute Gasteiger partial charge is 0.494 e. The highest BCUT2D eigenvalue weighted by Gasteiger charge is 2.72. The Morgan fingerprint density at radius 3 is 2.23 bits per heavy atom. The Balaban J connectivity index is 1.44. The predicted octanol–water partition coefficient (Wildman–Crippen LogP) is 4.95. The van der Waals surface area contributed by atoms with E-state index < -0.39 is 28.7 Å². The van der Waals surface area contributed by atoms with Gasteiger partial charge in [-0.15, -0.1) is 11.8 Å². The molecule has 7 atom stereocenters. The van der Waals surface area contributed by atoms with Crippen molar-refractivity contribution in [3.8, 4) is 5.75 Å². The molecule has 8 nitrogen and oxygen atoms in total. The Bertz CT molecular complexity index is 1480. The number of amides is 3. The number of ether oxygens (including phenoxy) is 1. The first-order valence-corrected chi connectivity index (χ1v) is 16.6. The molecule has 0 radical (unpaired) electrons. The maximum atomic E-state index is 14.8. The molecule has 2 aromatic rings. The lowest BCUT2D eigenvalue weighted by Crippen LogP contribution is -2.58. The van der Waals surface area contributed by atoms with Gasteiger partial charge in [-0.3, -0.25) is 14.4 Å². The summed E-state index contributed by atoms with van der Waals surface area (Å²) in [7, 11) is 0. The van der Waals surface area contributed by atoms with Crippen molar-refractivity contribution in [1.29, 1.82) is 0 Å². The van der Waals surface area contributed by atoms with Gasteiger partial charge >= 0.3 is 0 Å². The van der Waals surface area contributed by atoms with Crippen LogP contribution in [-0.2, 0) is 14.4 Å². The zero-order valence-electron chi connectivity index (χ0n) is 25.1. The Hall–Kier alpha value is -3.27. The van der Waals surface area contributed by atoms with Crippen LogP contribution in [0.4, 0.5) is 11.4 Å². The number of nitrogens with zero attached hydrogens (tertiary/aromatic N) is 3. The fourth-order valence-corrected chi connectivity index (χ4v) is 9.34. The van der Waals surface area contributed by atoms with Gasteiger partial charge in [0.2, 0.25) is 11.8 Å². The van der Waals surface area contributed by atoms with E-state index in [4.69, 9.17) is 16.3 Å². The monoisotopic (exact) mass is 635 g/mol. The smallest absolute Gasteiger partial charge is 0.251 e. The molecule has 1 N–H and O–H groups in total. The van der Waals surface area contributed by atoms with Crippen LogP contribution in [0.5, 0.6) is 5.75 Å². The third kappa shape index (κ3) is 4.93. The summed E-state index contributed by atoms with van der Waals surface area (Å²) in [6.45, 7) is 6.89. The van der Waals surface area contributed by atoms with Gasteiger partial charge in [0.15, 0.2) is 0 Å². The molecule has 232 valence electrons. The van der Waals surface area contributed by atoms with Crippen LogP contribution in [0.3, 0.4) is 0 Å². The van der Waals surface area contributed by atoms with Crippen molar-refractivity contribution in [3.05, 3.63) is 77.9 Å². The molecule has 2 fully saturated rings. The number of fused-ring (bicyclic) bond motifs is 2. The number of rotatable bonds is 8. The van der Waals surface area contributed by atoms with E-state index in [0.29, 0.717) is 30.4 Å². The number of carbonyl (C=O) groups excluding carboxylic acids is 3. The van der Waals surface area contributed by atoms with Gasteiger partial charge in [-0.2, -0.15) is 0 Å². The van der Waals surface area contributed by atoms with Gasteiger partial charge in [0, 0.05) is 34.7 Å². The summed E-state index contributed by atoms with van der Waals surface area (Å²) in [5.74, 6) is -1.41. The number of carbonyl (C=O) groups is 3. The summed E-state index contributed by atoms with van der Waals surface area (Å²) in [4.78, 5) is 49.0. The molecular weight excluding hydrogens is 598 g/mol. The number of likely N-dealkylation sites (tertiary alicyclic amines) is 1. The highest BCUT2D eigenvalue weighted by atomic mass is 35.5. The van der Waals surface area contributed by atoms with Gasteiger partial charge in [-0.1, -0.05) is 56.2 Å². The number of anilines is 2. The van der Waals surface area contributed by atoms with E-state index in [1.165, 1.54) is 11.8 Å². The molecule has 4 aliphatic heterocycles. The normalized spacial score (nSPS) is 29.2. The van der Waals surface area contributed by atoms with E-state index in [-0.39, 0.29) is 35.5 Å². The van der Waals surface area contributed by atoms with Gasteiger partial charge in [0.05, 0.1) is 35.8 Å². The quantitative estimate of drug-likeness (QED) is 0.413. The van der Waals surface area contributed by atoms with E-state index in [9.17, 15) is 19.5 Å². The Morgan fingerprint density at radius 2 is 1.59 bits per heavy atom. The van der Waals surface area contributed by atoms with Crippen molar-refractivity contribution in [3.63, 3.8) is 0 Å². The third-order valence-electron chi connectivity index (χ3n) is 9.54. The standard InChI is InChI=1S/C34H38ClN3O5S/c1-4-21(3)26(20-39)38-30-33(42)37(23-11-9-22(35)10-12-23)19-7-17-34(30)29(32(38)41)28-27(44-34)8-6-18-36(31(28)40)24-13-15-25(16-14-24)43-5-2/h6-17,21,26-30,39H,4-5,18-20H2,1-3H3/t21-,26-,27+,28-,29-,30?,34-/m0/s1. The Kier molecular flexibility index (Phi) is 8.56. The van der Waals surface area contributed by atoms with Crippen molar-refractivity contribution in [2.45, 2.75) is 49.3 Å². The maximum Gasteiger partial charge on any atom is 0.251 e. The molecule has 4 aliphatic rings. The first-order chi connectivity index (χ1) is 21.2. The molecule has 6 rings (SSSR count). The number of thioether (sulfide) groups is 1. The third-order valence-corrected chi connectivity index (χ3v) is 11.5. The lowest BCUT2D eigenvalue weighted by molar-refractivity contribution is -0.142. The summed E-state index contributed by atoms with van der Waals surface area (Å²) in [6.07, 6.45) is 8.68. The van der Waals surface area contributed by atoms with Crippen molar-refractivity contribution < 1.29 is 24.2 Å². The second-order valence-electron chi connectivity index (χ2n) is 11.9. The predicted molar refractivity (Wildman–Crippen MR) is 174 cm³/mol. The highest BCUT2D eigenvalue weighted by Crippen LogP contribution is 2.61. The number of aliphatic hydroxyl groups excluding tert-OH is 1. The zero-order chi connectivity index (χ0) is 31.2. The second-order valence-corrected chi connectivity index (χ2v) is 13.8. The van der Waals surface area contributed by atoms with Gasteiger partial charge in [0.1, 0.15) is 11.8 Å². The molecule has 2 aromatic carbocycles. The molecular formula is C34H38ClN3O5S. The summed E-state index contributed by atoms with van der Waals surface area (Å²) in [5, 5.41) is 10.9. The van der Waals surface area contributed by atoms with Crippen LogP contribution < -0.4 is 14.5 Å². The van der Waals surface area contributed by atoms with E-state index in [0.717, 1.165) is 17.9 Å². The Morgan fingerprint density at radius 1 is 0.955 bits per heavy atom. The van der Waals surface area contributed by atoms with Gasteiger partial charge in [-0.25, -0.2) is 0 Å². The number of aliphatic hydroxyl groups is 1. The fourth-order valence-electron chi connectivity index (χ4n) is 7.22. The van der Waals surface area contributed by atoms with Crippen molar-refractivity contribution in [1.82, 2.24) is 4.90 Å². The van der Waals surface area contributed by atoms with Crippen LogP contribution in [0.2, 0.25) is 5.02 Å². The summed E-state index contributed by atoms with van der Waals surface area (Å²) in [5.41, 5.74) is 1.40. The van der Waals surface area contributed by atoms with Crippen LogP contribution in [-0.4, -0.2) is 76.1 Å². The zero-order valence-corrected chi connectivity index (χ0v) is 26.7. The van der Waals surface area contributed by atoms with Crippen LogP contribution in [0, 0.1) is 17.8 Å². The van der Waals surface area contributed by atoms with E-state index in [2.05, 4.69) is 0 Å². The Labute approximate surface area is 267 Å². The average Bonchev–Trinajstić information content (AvgIpc) is 3.34. The minimum absolute atomic E-state index is 0.0604. The summed E-state index contributed by atoms with van der Waals surface area (Å²) in [6, 6.07) is 13.0. The lowest BCUT2D eigenvalue weighted by atomic mass is 9.78. The molecule has 0 saturated carbocycles. The number of hydrogen-bond donors (Lipinski definition) is 1. The molecule has 4 heterocycles. The molecule has 0 bridgehead atoms. The topological polar surface area (TPSA) is 90.4 Å². The average molecular weight is 636 g/mol. The minimum atomic E-state index is -0.979. The van der Waals surface area contributed by atoms with E-state index >= 15 is 0 Å². The van der Waals surface area contributed by atoms with Crippen LogP contribution in [0.15, 0.2) is 72.8 Å². The van der Waals surface area contributed by atoms with Gasteiger partial charge in [0.25, 0.3) is 5.91 Å². The number of hydrogen-bond acceptors (Lipinski definition) is 6. The highest BCUT2D eigenvalue weighted by molar-refractivity contribution is 8.02.